The van der Waals surface area contributed by atoms with Crippen molar-refractivity contribution >= 4 is 17.2 Å². The second kappa shape index (κ2) is 8.63. The van der Waals surface area contributed by atoms with Crippen LogP contribution in [0.4, 0.5) is 15.9 Å². The Morgan fingerprint density at radius 1 is 1.03 bits per heavy atom. The number of hydrogen-bond acceptors (Lipinski definition) is 5. The number of pyridine rings is 1. The number of benzene rings is 2. The molecule has 0 amide bonds. The molecule has 1 atom stereocenters. The normalized spacial score (nSPS) is 16.1. The average Bonchev–Trinajstić information content (AvgIpc) is 3.28. The van der Waals surface area contributed by atoms with E-state index in [0.29, 0.717) is 0 Å². The van der Waals surface area contributed by atoms with E-state index in [0.717, 1.165) is 47.7 Å². The molecular weight excluding hydrogens is 379 g/mol. The molecule has 154 valence electrons. The number of nitrogens with zero attached hydrogens (tertiary/aromatic N) is 4. The summed E-state index contributed by atoms with van der Waals surface area (Å²) >= 11 is 0. The van der Waals surface area contributed by atoms with Crippen LogP contribution < -0.4 is 9.80 Å². The maximum Gasteiger partial charge on any atom is 0.153 e. The van der Waals surface area contributed by atoms with E-state index in [-0.39, 0.29) is 5.82 Å². The van der Waals surface area contributed by atoms with Gasteiger partial charge in [0.2, 0.25) is 0 Å². The number of aromatic nitrogens is 1. The summed E-state index contributed by atoms with van der Waals surface area (Å²) in [7, 11) is 3.67. The average molecular weight is 404 g/mol. The van der Waals surface area contributed by atoms with E-state index in [1.54, 1.807) is 23.2 Å². The van der Waals surface area contributed by atoms with Crippen LogP contribution in [-0.2, 0) is 0 Å². The van der Waals surface area contributed by atoms with Gasteiger partial charge in [-0.05, 0) is 35.4 Å². The van der Waals surface area contributed by atoms with Gasteiger partial charge in [0.1, 0.15) is 11.6 Å². The summed E-state index contributed by atoms with van der Waals surface area (Å²) in [5.41, 5.74) is 4.70. The fourth-order valence-corrected chi connectivity index (χ4v) is 3.65. The molecule has 2 heterocycles. The third-order valence-corrected chi connectivity index (χ3v) is 5.58. The van der Waals surface area contributed by atoms with Gasteiger partial charge in [0.05, 0.1) is 18.4 Å². The van der Waals surface area contributed by atoms with Crippen molar-refractivity contribution in [1.82, 2.24) is 4.98 Å². The summed E-state index contributed by atoms with van der Waals surface area (Å²) in [4.78, 5) is 12.8. The minimum absolute atomic E-state index is 0.254. The third-order valence-electron chi connectivity index (χ3n) is 5.58. The Hall–Kier alpha value is -3.25. The summed E-state index contributed by atoms with van der Waals surface area (Å²) in [6, 6.07) is 18.0. The Kier molecular flexibility index (Phi) is 5.77. The van der Waals surface area contributed by atoms with Gasteiger partial charge < -0.3 is 14.9 Å². The predicted octanol–water partition coefficient (Wildman–Crippen LogP) is 4.30. The van der Waals surface area contributed by atoms with Crippen molar-refractivity contribution in [2.24, 2.45) is 4.99 Å². The van der Waals surface area contributed by atoms with Crippen molar-refractivity contribution in [1.29, 1.82) is 0 Å². The largest absolute Gasteiger partial charge is 0.369 e. The first-order chi connectivity index (χ1) is 14.5. The maximum atomic E-state index is 13.1. The van der Waals surface area contributed by atoms with E-state index in [1.165, 1.54) is 17.8 Å². The lowest BCUT2D eigenvalue weighted by Gasteiger charge is -2.26. The van der Waals surface area contributed by atoms with E-state index in [1.807, 2.05) is 50.5 Å². The van der Waals surface area contributed by atoms with E-state index in [4.69, 9.17) is 0 Å². The standard InChI is InChI=1S/C24H25FN4O/c1-26-21-13-14-29(16-21)23-12-11-22(15-27-23)28(2)24(30)19-5-3-17(4-6-19)18-7-9-20(25)10-8-18/h3-12,15,24,30H,13-14,16H2,1-2H3. The molecule has 1 unspecified atom stereocenters. The zero-order valence-electron chi connectivity index (χ0n) is 17.2. The SMILES string of the molecule is CN=C1CCN(c2ccc(N(C)C(O)c3ccc(-c4ccc(F)cc4)cc3)cn2)C1. The van der Waals surface area contributed by atoms with Gasteiger partial charge in [0.25, 0.3) is 0 Å². The topological polar surface area (TPSA) is 52.0 Å². The molecule has 1 aromatic heterocycles. The quantitative estimate of drug-likeness (QED) is 0.645. The molecule has 0 bridgehead atoms. The molecule has 1 saturated heterocycles. The number of aliphatic imine (C=N–C) groups is 1. The Balaban J connectivity index is 1.45. The van der Waals surface area contributed by atoms with E-state index >= 15 is 0 Å². The highest BCUT2D eigenvalue weighted by atomic mass is 19.1. The molecule has 0 saturated carbocycles. The van der Waals surface area contributed by atoms with Gasteiger partial charge in [-0.25, -0.2) is 9.37 Å². The summed E-state index contributed by atoms with van der Waals surface area (Å²) in [5, 5.41) is 10.8. The van der Waals surface area contributed by atoms with Crippen LogP contribution in [0.5, 0.6) is 0 Å². The predicted molar refractivity (Wildman–Crippen MR) is 120 cm³/mol. The molecule has 0 aliphatic carbocycles. The minimum Gasteiger partial charge on any atom is -0.369 e. The van der Waals surface area contributed by atoms with Crippen molar-refractivity contribution in [3.63, 3.8) is 0 Å². The third kappa shape index (κ3) is 4.19. The van der Waals surface area contributed by atoms with Crippen LogP contribution in [0.15, 0.2) is 71.9 Å². The Labute approximate surface area is 176 Å². The molecule has 1 fully saturated rings. The highest BCUT2D eigenvalue weighted by Gasteiger charge is 2.20. The van der Waals surface area contributed by atoms with Crippen molar-refractivity contribution < 1.29 is 9.50 Å². The highest BCUT2D eigenvalue weighted by Crippen LogP contribution is 2.27. The summed E-state index contributed by atoms with van der Waals surface area (Å²) < 4.78 is 13.1. The fraction of sp³-hybridized carbons (Fsp3) is 0.250. The molecule has 30 heavy (non-hydrogen) atoms. The molecular formula is C24H25FN4O. The van der Waals surface area contributed by atoms with Gasteiger partial charge in [-0.2, -0.15) is 0 Å². The number of aliphatic hydroxyl groups excluding tert-OH is 1. The summed E-state index contributed by atoms with van der Waals surface area (Å²) in [5.74, 6) is 0.666. The molecule has 6 heteroatoms. The molecule has 0 spiro atoms. The van der Waals surface area contributed by atoms with Gasteiger partial charge >= 0.3 is 0 Å². The van der Waals surface area contributed by atoms with Crippen molar-refractivity contribution in [3.8, 4) is 11.1 Å². The first-order valence-corrected chi connectivity index (χ1v) is 9.97. The van der Waals surface area contributed by atoms with Gasteiger partial charge in [0, 0.05) is 38.3 Å². The van der Waals surface area contributed by atoms with Crippen LogP contribution in [0, 0.1) is 5.82 Å². The maximum absolute atomic E-state index is 13.1. The lowest BCUT2D eigenvalue weighted by atomic mass is 10.0. The first-order valence-electron chi connectivity index (χ1n) is 9.97. The smallest absolute Gasteiger partial charge is 0.153 e. The zero-order valence-corrected chi connectivity index (χ0v) is 17.2. The molecule has 1 N–H and O–H groups in total. The van der Waals surface area contributed by atoms with Crippen molar-refractivity contribution in [3.05, 3.63) is 78.2 Å². The number of anilines is 2. The van der Waals surface area contributed by atoms with E-state index < -0.39 is 6.23 Å². The number of halogens is 1. The zero-order chi connectivity index (χ0) is 21.1. The number of aliphatic hydroxyl groups is 1. The Bertz CT molecular complexity index is 1020. The van der Waals surface area contributed by atoms with E-state index in [2.05, 4.69) is 14.9 Å². The monoisotopic (exact) mass is 404 g/mol. The first kappa shape index (κ1) is 20.0. The van der Waals surface area contributed by atoms with Crippen LogP contribution in [0.25, 0.3) is 11.1 Å². The van der Waals surface area contributed by atoms with Crippen LogP contribution in [0.3, 0.4) is 0 Å². The number of rotatable bonds is 5. The number of hydrogen-bond donors (Lipinski definition) is 1. The molecule has 0 radical (unpaired) electrons. The highest BCUT2D eigenvalue weighted by molar-refractivity contribution is 5.91. The van der Waals surface area contributed by atoms with Crippen LogP contribution in [-0.4, -0.2) is 43.0 Å². The fourth-order valence-electron chi connectivity index (χ4n) is 3.65. The van der Waals surface area contributed by atoms with Crippen molar-refractivity contribution in [2.75, 3.05) is 37.0 Å². The lowest BCUT2D eigenvalue weighted by Crippen LogP contribution is -2.24. The minimum atomic E-state index is -0.800. The molecule has 1 aliphatic heterocycles. The second-order valence-corrected chi connectivity index (χ2v) is 7.45. The lowest BCUT2D eigenvalue weighted by molar-refractivity contribution is 0.178. The van der Waals surface area contributed by atoms with Gasteiger partial charge in [-0.3, -0.25) is 4.99 Å². The van der Waals surface area contributed by atoms with Crippen molar-refractivity contribution in [2.45, 2.75) is 12.6 Å². The molecule has 5 nitrogen and oxygen atoms in total. The molecule has 4 rings (SSSR count). The van der Waals surface area contributed by atoms with Gasteiger partial charge in [-0.15, -0.1) is 0 Å². The Morgan fingerprint density at radius 2 is 1.70 bits per heavy atom. The van der Waals surface area contributed by atoms with Crippen LogP contribution >= 0.6 is 0 Å². The molecule has 3 aromatic rings. The van der Waals surface area contributed by atoms with E-state index in [9.17, 15) is 9.50 Å². The van der Waals surface area contributed by atoms with Crippen LogP contribution in [0.2, 0.25) is 0 Å². The summed E-state index contributed by atoms with van der Waals surface area (Å²) in [6.07, 6.45) is 1.96. The second-order valence-electron chi connectivity index (χ2n) is 7.45. The Morgan fingerprint density at radius 3 is 2.27 bits per heavy atom. The summed E-state index contributed by atoms with van der Waals surface area (Å²) in [6.45, 7) is 1.75. The molecule has 1 aliphatic rings. The molecule has 2 aromatic carbocycles. The van der Waals surface area contributed by atoms with Gasteiger partial charge in [-0.1, -0.05) is 36.4 Å². The van der Waals surface area contributed by atoms with Gasteiger partial charge in [0.15, 0.2) is 6.23 Å². The van der Waals surface area contributed by atoms with Crippen LogP contribution in [0.1, 0.15) is 18.2 Å².